The SMILES string of the molecule is COP1Sc2ccc(C)cc2S1. The summed E-state index contributed by atoms with van der Waals surface area (Å²) < 4.78 is 5.32. The van der Waals surface area contributed by atoms with Crippen LogP contribution in [0.1, 0.15) is 5.56 Å². The molecule has 0 radical (unpaired) electrons. The van der Waals surface area contributed by atoms with Crippen molar-refractivity contribution in [3.8, 4) is 0 Å². The summed E-state index contributed by atoms with van der Waals surface area (Å²) in [7, 11) is 1.78. The average molecular weight is 216 g/mol. The van der Waals surface area contributed by atoms with Crippen LogP contribution in [0, 0.1) is 6.92 Å². The van der Waals surface area contributed by atoms with E-state index in [1.165, 1.54) is 15.4 Å². The van der Waals surface area contributed by atoms with Crippen LogP contribution in [0.15, 0.2) is 28.0 Å². The first-order valence-corrected chi connectivity index (χ1v) is 7.71. The highest BCUT2D eigenvalue weighted by atomic mass is 33.1. The summed E-state index contributed by atoms with van der Waals surface area (Å²) in [6.07, 6.45) is 0. The molecule has 0 N–H and O–H groups in total. The van der Waals surface area contributed by atoms with E-state index in [4.69, 9.17) is 4.52 Å². The molecule has 0 saturated carbocycles. The Balaban J connectivity index is 2.30. The lowest BCUT2D eigenvalue weighted by molar-refractivity contribution is 0.482. The van der Waals surface area contributed by atoms with Crippen molar-refractivity contribution in [3.05, 3.63) is 23.8 Å². The Morgan fingerprint density at radius 1 is 1.25 bits per heavy atom. The fourth-order valence-corrected chi connectivity index (χ4v) is 7.05. The Labute approximate surface area is 81.6 Å². The zero-order chi connectivity index (χ0) is 8.55. The van der Waals surface area contributed by atoms with E-state index in [0.29, 0.717) is 0 Å². The summed E-state index contributed by atoms with van der Waals surface area (Å²) in [6.45, 7) is 1.78. The first kappa shape index (κ1) is 8.89. The van der Waals surface area contributed by atoms with Gasteiger partial charge in [-0.15, -0.1) is 0 Å². The summed E-state index contributed by atoms with van der Waals surface area (Å²) in [6, 6.07) is 6.57. The van der Waals surface area contributed by atoms with Crippen LogP contribution in [0.3, 0.4) is 0 Å². The number of fused-ring (bicyclic) bond motifs is 1. The molecule has 1 atom stereocenters. The Kier molecular flexibility index (Phi) is 2.66. The molecule has 1 aliphatic rings. The van der Waals surface area contributed by atoms with Gasteiger partial charge in [0.15, 0.2) is 6.55 Å². The Bertz CT molecular complexity index is 303. The van der Waals surface area contributed by atoms with E-state index in [9.17, 15) is 0 Å². The van der Waals surface area contributed by atoms with Gasteiger partial charge in [0.1, 0.15) is 0 Å². The minimum atomic E-state index is -0.349. The van der Waals surface area contributed by atoms with Crippen LogP contribution in [0.2, 0.25) is 0 Å². The van der Waals surface area contributed by atoms with Crippen LogP contribution in [0.5, 0.6) is 0 Å². The molecular formula is C8H9OPS2. The third-order valence-corrected chi connectivity index (χ3v) is 7.72. The predicted octanol–water partition coefficient (Wildman–Crippen LogP) is 4.07. The van der Waals surface area contributed by atoms with Gasteiger partial charge in [-0.25, -0.2) is 0 Å². The van der Waals surface area contributed by atoms with E-state index in [-0.39, 0.29) is 6.55 Å². The largest absolute Gasteiger partial charge is 0.342 e. The quantitative estimate of drug-likeness (QED) is 0.655. The minimum Gasteiger partial charge on any atom is -0.342 e. The molecule has 0 spiro atoms. The molecular weight excluding hydrogens is 207 g/mol. The molecule has 0 aliphatic carbocycles. The van der Waals surface area contributed by atoms with Gasteiger partial charge in [0.25, 0.3) is 0 Å². The summed E-state index contributed by atoms with van der Waals surface area (Å²) in [5.41, 5.74) is 1.33. The third-order valence-electron chi connectivity index (χ3n) is 1.59. The number of benzene rings is 1. The van der Waals surface area contributed by atoms with Gasteiger partial charge in [-0.05, 0) is 24.6 Å². The van der Waals surface area contributed by atoms with Gasteiger partial charge in [0.2, 0.25) is 0 Å². The predicted molar refractivity (Wildman–Crippen MR) is 56.8 cm³/mol. The summed E-state index contributed by atoms with van der Waals surface area (Å²) in [4.78, 5) is 2.76. The zero-order valence-electron chi connectivity index (χ0n) is 6.90. The summed E-state index contributed by atoms with van der Waals surface area (Å²) in [5.74, 6) is 0. The lowest BCUT2D eigenvalue weighted by atomic mass is 10.2. The highest BCUT2D eigenvalue weighted by Crippen LogP contribution is 2.73. The molecule has 1 heterocycles. The van der Waals surface area contributed by atoms with Crippen molar-refractivity contribution in [2.75, 3.05) is 7.11 Å². The maximum absolute atomic E-state index is 5.32. The Morgan fingerprint density at radius 3 is 2.75 bits per heavy atom. The molecule has 1 unspecified atom stereocenters. The number of rotatable bonds is 1. The highest BCUT2D eigenvalue weighted by molar-refractivity contribution is 8.88. The van der Waals surface area contributed by atoms with Crippen molar-refractivity contribution in [2.24, 2.45) is 0 Å². The maximum Gasteiger partial charge on any atom is 0.161 e. The second-order valence-electron chi connectivity index (χ2n) is 2.54. The molecule has 1 nitrogen and oxygen atoms in total. The molecule has 12 heavy (non-hydrogen) atoms. The molecule has 0 saturated heterocycles. The van der Waals surface area contributed by atoms with Gasteiger partial charge in [-0.3, -0.25) is 0 Å². The molecule has 4 heteroatoms. The fourth-order valence-electron chi connectivity index (χ4n) is 1.02. The van der Waals surface area contributed by atoms with E-state index in [1.807, 2.05) is 22.8 Å². The van der Waals surface area contributed by atoms with Crippen LogP contribution < -0.4 is 0 Å². The second-order valence-corrected chi connectivity index (χ2v) is 8.37. The van der Waals surface area contributed by atoms with Crippen molar-refractivity contribution in [3.63, 3.8) is 0 Å². The first-order chi connectivity index (χ1) is 5.79. The van der Waals surface area contributed by atoms with Crippen molar-refractivity contribution in [1.29, 1.82) is 0 Å². The smallest absolute Gasteiger partial charge is 0.161 e. The van der Waals surface area contributed by atoms with Crippen molar-refractivity contribution in [2.45, 2.75) is 16.7 Å². The molecule has 2 rings (SSSR count). The van der Waals surface area contributed by atoms with Gasteiger partial charge < -0.3 is 4.52 Å². The van der Waals surface area contributed by atoms with Gasteiger partial charge in [-0.1, -0.05) is 28.8 Å². The van der Waals surface area contributed by atoms with Gasteiger partial charge >= 0.3 is 0 Å². The average Bonchev–Trinajstić information content (AvgIpc) is 2.46. The van der Waals surface area contributed by atoms with Gasteiger partial charge in [-0.2, -0.15) is 0 Å². The van der Waals surface area contributed by atoms with Crippen molar-refractivity contribution >= 4 is 29.3 Å². The first-order valence-electron chi connectivity index (χ1n) is 3.60. The summed E-state index contributed by atoms with van der Waals surface area (Å²) in [5, 5.41) is 0. The molecule has 1 aliphatic heterocycles. The lowest BCUT2D eigenvalue weighted by Gasteiger charge is -2.00. The van der Waals surface area contributed by atoms with Gasteiger partial charge in [0.05, 0.1) is 0 Å². The van der Waals surface area contributed by atoms with Crippen LogP contribution in [0.25, 0.3) is 0 Å². The Hall–Kier alpha value is 0.310. The summed E-state index contributed by atoms with van der Waals surface area (Å²) >= 11 is 3.71. The van der Waals surface area contributed by atoms with Crippen LogP contribution in [-0.4, -0.2) is 7.11 Å². The minimum absolute atomic E-state index is 0.349. The molecule has 0 fully saturated rings. The van der Waals surface area contributed by atoms with E-state index in [0.717, 1.165) is 0 Å². The van der Waals surface area contributed by atoms with Crippen molar-refractivity contribution in [1.82, 2.24) is 0 Å². The third kappa shape index (κ3) is 1.64. The zero-order valence-corrected chi connectivity index (χ0v) is 9.43. The Morgan fingerprint density at radius 2 is 2.00 bits per heavy atom. The fraction of sp³-hybridized carbons (Fsp3) is 0.250. The number of aryl methyl sites for hydroxylation is 1. The standard InChI is InChI=1S/C8H9OPS2/c1-6-3-4-7-8(5-6)12-10(9-2)11-7/h3-5H,1-2H3. The molecule has 1 aromatic rings. The normalized spacial score (nSPS) is 21.0. The van der Waals surface area contributed by atoms with E-state index >= 15 is 0 Å². The van der Waals surface area contributed by atoms with Crippen LogP contribution >= 0.6 is 29.3 Å². The van der Waals surface area contributed by atoms with Crippen LogP contribution in [-0.2, 0) is 4.52 Å². The number of hydrogen-bond donors (Lipinski definition) is 0. The molecule has 1 aromatic carbocycles. The van der Waals surface area contributed by atoms with Gasteiger partial charge in [0, 0.05) is 16.9 Å². The molecule has 64 valence electrons. The highest BCUT2D eigenvalue weighted by Gasteiger charge is 2.23. The molecule has 0 bridgehead atoms. The topological polar surface area (TPSA) is 9.23 Å². The maximum atomic E-state index is 5.32. The van der Waals surface area contributed by atoms with Crippen molar-refractivity contribution < 1.29 is 4.52 Å². The van der Waals surface area contributed by atoms with E-state index in [1.54, 1.807) is 7.11 Å². The lowest BCUT2D eigenvalue weighted by Crippen LogP contribution is -1.73. The molecule has 0 aromatic heterocycles. The second kappa shape index (κ2) is 3.59. The monoisotopic (exact) mass is 216 g/mol. The van der Waals surface area contributed by atoms with Crippen LogP contribution in [0.4, 0.5) is 0 Å². The number of hydrogen-bond acceptors (Lipinski definition) is 3. The molecule has 0 amide bonds. The van der Waals surface area contributed by atoms with E-state index < -0.39 is 0 Å². The van der Waals surface area contributed by atoms with E-state index in [2.05, 4.69) is 25.1 Å².